The molecule has 18 heavy (non-hydrogen) atoms. The van der Waals surface area contributed by atoms with Crippen LogP contribution < -0.4 is 5.73 Å². The predicted molar refractivity (Wildman–Crippen MR) is 70.1 cm³/mol. The molecule has 1 fully saturated rings. The molecule has 1 aliphatic rings. The fraction of sp³-hybridized carbons (Fsp3) is 0.692. The van der Waals surface area contributed by atoms with Gasteiger partial charge in [0.15, 0.2) is 0 Å². The van der Waals surface area contributed by atoms with Crippen LogP contribution in [0.1, 0.15) is 30.8 Å². The molecule has 2 rings (SSSR count). The number of carbonyl (C=O) groups excluding carboxylic acids is 1. The number of aromatic nitrogens is 2. The van der Waals surface area contributed by atoms with Gasteiger partial charge >= 0.3 is 0 Å². The normalized spacial score (nSPS) is 19.8. The van der Waals surface area contributed by atoms with Crippen LogP contribution in [-0.2, 0) is 6.54 Å². The van der Waals surface area contributed by atoms with E-state index in [1.165, 1.54) is 0 Å². The minimum Gasteiger partial charge on any atom is -0.337 e. The Morgan fingerprint density at radius 2 is 2.39 bits per heavy atom. The summed E-state index contributed by atoms with van der Waals surface area (Å²) >= 11 is 0. The van der Waals surface area contributed by atoms with Crippen LogP contribution in [-0.4, -0.2) is 40.0 Å². The third kappa shape index (κ3) is 2.72. The molecule has 2 N–H and O–H groups in total. The molecule has 1 atom stereocenters. The smallest absolute Gasteiger partial charge is 0.274 e. The second-order valence-electron chi connectivity index (χ2n) is 5.33. The molecule has 0 aliphatic carbocycles. The fourth-order valence-corrected chi connectivity index (χ4v) is 2.42. The largest absolute Gasteiger partial charge is 0.337 e. The summed E-state index contributed by atoms with van der Waals surface area (Å²) < 4.78 is 1.86. The van der Waals surface area contributed by atoms with Gasteiger partial charge in [-0.15, -0.1) is 0 Å². The maximum Gasteiger partial charge on any atom is 0.274 e. The first kappa shape index (κ1) is 13.1. The molecule has 0 aromatic carbocycles. The lowest BCUT2D eigenvalue weighted by Gasteiger charge is -2.17. The molecule has 5 nitrogen and oxygen atoms in total. The molecule has 2 heterocycles. The van der Waals surface area contributed by atoms with Crippen molar-refractivity contribution in [2.75, 3.05) is 19.6 Å². The highest BCUT2D eigenvalue weighted by molar-refractivity contribution is 5.92. The summed E-state index contributed by atoms with van der Waals surface area (Å²) in [6, 6.07) is 0. The number of nitrogens with two attached hydrogens (primary N) is 1. The minimum absolute atomic E-state index is 0.0499. The summed E-state index contributed by atoms with van der Waals surface area (Å²) in [5.74, 6) is 1.31. The monoisotopic (exact) mass is 250 g/mol. The van der Waals surface area contributed by atoms with Gasteiger partial charge in [0.1, 0.15) is 5.69 Å². The van der Waals surface area contributed by atoms with Crippen molar-refractivity contribution in [3.05, 3.63) is 18.2 Å². The summed E-state index contributed by atoms with van der Waals surface area (Å²) in [7, 11) is 0. The number of likely N-dealkylation sites (tertiary alicyclic amines) is 1. The lowest BCUT2D eigenvalue weighted by Crippen LogP contribution is -2.29. The van der Waals surface area contributed by atoms with Crippen LogP contribution in [0.2, 0.25) is 0 Å². The first-order chi connectivity index (χ1) is 8.61. The van der Waals surface area contributed by atoms with Gasteiger partial charge in [0.25, 0.3) is 5.91 Å². The molecule has 1 amide bonds. The van der Waals surface area contributed by atoms with Crippen molar-refractivity contribution < 1.29 is 4.79 Å². The van der Waals surface area contributed by atoms with E-state index < -0.39 is 0 Å². The standard InChI is InChI=1S/C13H22N4O/c1-10(2)11-3-5-17(7-11)13(18)12-8-16(6-4-14)9-15-12/h8-11H,3-7,14H2,1-2H3. The number of amides is 1. The van der Waals surface area contributed by atoms with Gasteiger partial charge in [0.05, 0.1) is 6.33 Å². The van der Waals surface area contributed by atoms with Crippen molar-refractivity contribution in [2.24, 2.45) is 17.6 Å². The molecule has 1 aromatic heterocycles. The van der Waals surface area contributed by atoms with Gasteiger partial charge in [-0.25, -0.2) is 4.98 Å². The van der Waals surface area contributed by atoms with Gasteiger partial charge in [-0.05, 0) is 18.3 Å². The van der Waals surface area contributed by atoms with E-state index >= 15 is 0 Å². The summed E-state index contributed by atoms with van der Waals surface area (Å²) in [5, 5.41) is 0. The van der Waals surface area contributed by atoms with Gasteiger partial charge in [-0.2, -0.15) is 0 Å². The highest BCUT2D eigenvalue weighted by Crippen LogP contribution is 2.24. The quantitative estimate of drug-likeness (QED) is 0.865. The molecule has 0 radical (unpaired) electrons. The third-order valence-electron chi connectivity index (χ3n) is 3.69. The lowest BCUT2D eigenvalue weighted by molar-refractivity contribution is 0.0778. The zero-order valence-corrected chi connectivity index (χ0v) is 11.2. The Balaban J connectivity index is 1.99. The van der Waals surface area contributed by atoms with E-state index in [0.29, 0.717) is 30.6 Å². The summed E-state index contributed by atoms with van der Waals surface area (Å²) in [4.78, 5) is 18.3. The molecule has 100 valence electrons. The van der Waals surface area contributed by atoms with Crippen LogP contribution in [0.3, 0.4) is 0 Å². The minimum atomic E-state index is 0.0499. The van der Waals surface area contributed by atoms with Crippen molar-refractivity contribution in [3.8, 4) is 0 Å². The van der Waals surface area contributed by atoms with Crippen LogP contribution in [0.15, 0.2) is 12.5 Å². The van der Waals surface area contributed by atoms with Gasteiger partial charge in [-0.1, -0.05) is 13.8 Å². The van der Waals surface area contributed by atoms with E-state index in [4.69, 9.17) is 5.73 Å². The van der Waals surface area contributed by atoms with E-state index in [9.17, 15) is 4.79 Å². The van der Waals surface area contributed by atoms with Gasteiger partial charge in [0.2, 0.25) is 0 Å². The van der Waals surface area contributed by atoms with Crippen LogP contribution >= 0.6 is 0 Å². The zero-order chi connectivity index (χ0) is 13.1. The second kappa shape index (κ2) is 5.52. The van der Waals surface area contributed by atoms with Gasteiger partial charge in [-0.3, -0.25) is 4.79 Å². The van der Waals surface area contributed by atoms with E-state index in [1.807, 2.05) is 9.47 Å². The Kier molecular flexibility index (Phi) is 4.01. The number of hydrogen-bond acceptors (Lipinski definition) is 3. The number of hydrogen-bond donors (Lipinski definition) is 1. The van der Waals surface area contributed by atoms with E-state index in [-0.39, 0.29) is 5.91 Å². The summed E-state index contributed by atoms with van der Waals surface area (Å²) in [6.45, 7) is 7.41. The molecule has 1 unspecified atom stereocenters. The van der Waals surface area contributed by atoms with Crippen LogP contribution in [0.4, 0.5) is 0 Å². The molecular formula is C13H22N4O. The number of nitrogens with zero attached hydrogens (tertiary/aromatic N) is 3. The Morgan fingerprint density at radius 1 is 1.61 bits per heavy atom. The first-order valence-corrected chi connectivity index (χ1v) is 6.63. The SMILES string of the molecule is CC(C)C1CCN(C(=O)c2cn(CCN)cn2)C1. The van der Waals surface area contributed by atoms with E-state index in [0.717, 1.165) is 19.5 Å². The van der Waals surface area contributed by atoms with Crippen molar-refractivity contribution in [3.63, 3.8) is 0 Å². The van der Waals surface area contributed by atoms with Gasteiger partial charge in [0, 0.05) is 32.4 Å². The lowest BCUT2D eigenvalue weighted by atomic mass is 9.95. The van der Waals surface area contributed by atoms with Crippen molar-refractivity contribution in [1.29, 1.82) is 0 Å². The predicted octanol–water partition coefficient (Wildman–Crippen LogP) is 0.960. The zero-order valence-electron chi connectivity index (χ0n) is 11.2. The first-order valence-electron chi connectivity index (χ1n) is 6.63. The van der Waals surface area contributed by atoms with Crippen molar-refractivity contribution >= 4 is 5.91 Å². The van der Waals surface area contributed by atoms with Crippen molar-refractivity contribution in [1.82, 2.24) is 14.5 Å². The Hall–Kier alpha value is -1.36. The summed E-state index contributed by atoms with van der Waals surface area (Å²) in [5.41, 5.74) is 6.01. The average Bonchev–Trinajstić information content (AvgIpc) is 2.97. The van der Waals surface area contributed by atoms with E-state index in [1.54, 1.807) is 12.5 Å². The van der Waals surface area contributed by atoms with Crippen LogP contribution in [0, 0.1) is 11.8 Å². The van der Waals surface area contributed by atoms with Gasteiger partial charge < -0.3 is 15.2 Å². The highest BCUT2D eigenvalue weighted by atomic mass is 16.2. The fourth-order valence-electron chi connectivity index (χ4n) is 2.42. The Bertz CT molecular complexity index is 413. The molecule has 0 saturated carbocycles. The number of imidazole rings is 1. The number of carbonyl (C=O) groups is 1. The Labute approximate surface area is 108 Å². The maximum absolute atomic E-state index is 12.3. The van der Waals surface area contributed by atoms with E-state index in [2.05, 4.69) is 18.8 Å². The molecule has 5 heteroatoms. The average molecular weight is 250 g/mol. The second-order valence-corrected chi connectivity index (χ2v) is 5.33. The Morgan fingerprint density at radius 3 is 3.00 bits per heavy atom. The molecular weight excluding hydrogens is 228 g/mol. The third-order valence-corrected chi connectivity index (χ3v) is 3.69. The molecule has 1 saturated heterocycles. The molecule has 1 aliphatic heterocycles. The molecule has 0 bridgehead atoms. The summed E-state index contributed by atoms with van der Waals surface area (Å²) in [6.07, 6.45) is 4.57. The topological polar surface area (TPSA) is 64.2 Å². The van der Waals surface area contributed by atoms with Crippen LogP contribution in [0.5, 0.6) is 0 Å². The maximum atomic E-state index is 12.3. The molecule has 1 aromatic rings. The van der Waals surface area contributed by atoms with Crippen LogP contribution in [0.25, 0.3) is 0 Å². The molecule has 0 spiro atoms. The highest BCUT2D eigenvalue weighted by Gasteiger charge is 2.29. The number of rotatable bonds is 4. The van der Waals surface area contributed by atoms with Crippen molar-refractivity contribution in [2.45, 2.75) is 26.8 Å².